The van der Waals surface area contributed by atoms with E-state index in [9.17, 15) is 0 Å². The molecule has 74 valence electrons. The van der Waals surface area contributed by atoms with Gasteiger partial charge in [0.15, 0.2) is 11.7 Å². The molecule has 2 aromatic rings. The summed E-state index contributed by atoms with van der Waals surface area (Å²) in [6.45, 7) is 0.540. The summed E-state index contributed by atoms with van der Waals surface area (Å²) in [4.78, 5) is 5.02. The fourth-order valence-corrected chi connectivity index (χ4v) is 2.22. The topological polar surface area (TPSA) is 52.0 Å². The number of thiophene rings is 1. The Bertz CT molecular complexity index is 424. The van der Waals surface area contributed by atoms with Crippen molar-refractivity contribution in [2.45, 2.75) is 6.42 Å². The van der Waals surface area contributed by atoms with E-state index < -0.39 is 0 Å². The van der Waals surface area contributed by atoms with Gasteiger partial charge in [-0.3, -0.25) is 0 Å². The number of nitrogens with two attached hydrogens (primary N) is 1. The van der Waals surface area contributed by atoms with Crippen molar-refractivity contribution in [3.05, 3.63) is 28.6 Å². The first-order valence-electron chi connectivity index (χ1n) is 4.19. The zero-order valence-corrected chi connectivity index (χ0v) is 8.94. The Morgan fingerprint density at radius 2 is 2.43 bits per heavy atom. The predicted molar refractivity (Wildman–Crippen MR) is 57.6 cm³/mol. The van der Waals surface area contributed by atoms with E-state index in [0.29, 0.717) is 29.6 Å². The number of aromatic nitrogens is 1. The second kappa shape index (κ2) is 4.13. The van der Waals surface area contributed by atoms with Crippen molar-refractivity contribution in [3.8, 4) is 10.6 Å². The van der Waals surface area contributed by atoms with Crippen molar-refractivity contribution >= 4 is 22.9 Å². The summed E-state index contributed by atoms with van der Waals surface area (Å²) in [6, 6.07) is 1.84. The van der Waals surface area contributed by atoms with Crippen molar-refractivity contribution in [2.24, 2.45) is 5.73 Å². The number of halogens is 1. The Hall–Kier alpha value is -0.840. The molecule has 0 atom stereocenters. The lowest BCUT2D eigenvalue weighted by molar-refractivity contribution is 0.509. The van der Waals surface area contributed by atoms with Crippen LogP contribution in [0.1, 0.15) is 5.89 Å². The molecule has 5 heteroatoms. The van der Waals surface area contributed by atoms with E-state index in [4.69, 9.17) is 21.8 Å². The molecule has 2 aromatic heterocycles. The Balaban J connectivity index is 2.29. The maximum atomic E-state index is 5.96. The number of oxazole rings is 1. The van der Waals surface area contributed by atoms with E-state index >= 15 is 0 Å². The molecule has 0 aromatic carbocycles. The largest absolute Gasteiger partial charge is 0.440 e. The molecule has 14 heavy (non-hydrogen) atoms. The minimum atomic E-state index is 0.540. The molecular weight excluding hydrogens is 220 g/mol. The molecule has 0 fully saturated rings. The van der Waals surface area contributed by atoms with Gasteiger partial charge in [-0.2, -0.15) is 0 Å². The average Bonchev–Trinajstić information content (AvgIpc) is 2.74. The van der Waals surface area contributed by atoms with Gasteiger partial charge in [0, 0.05) is 13.0 Å². The van der Waals surface area contributed by atoms with E-state index in [1.54, 1.807) is 6.20 Å². The highest BCUT2D eigenvalue weighted by Gasteiger charge is 2.10. The van der Waals surface area contributed by atoms with Crippen LogP contribution in [0, 0.1) is 0 Å². The smallest absolute Gasteiger partial charge is 0.196 e. The van der Waals surface area contributed by atoms with Crippen LogP contribution in [0.25, 0.3) is 10.6 Å². The molecule has 3 nitrogen and oxygen atoms in total. The normalized spacial score (nSPS) is 10.7. The van der Waals surface area contributed by atoms with Crippen molar-refractivity contribution < 1.29 is 4.42 Å². The van der Waals surface area contributed by atoms with Crippen LogP contribution in [0.15, 0.2) is 22.1 Å². The molecule has 0 aliphatic rings. The predicted octanol–water partition coefficient (Wildman–Crippen LogP) is 2.56. The first-order valence-corrected chi connectivity index (χ1v) is 5.45. The third-order valence-electron chi connectivity index (χ3n) is 1.75. The summed E-state index contributed by atoms with van der Waals surface area (Å²) >= 11 is 7.50. The minimum absolute atomic E-state index is 0.540. The maximum absolute atomic E-state index is 5.96. The molecule has 0 aliphatic heterocycles. The summed E-state index contributed by atoms with van der Waals surface area (Å²) in [5.74, 6) is 1.38. The Morgan fingerprint density at radius 3 is 3.07 bits per heavy atom. The van der Waals surface area contributed by atoms with Crippen LogP contribution in [0.3, 0.4) is 0 Å². The molecule has 0 spiro atoms. The van der Waals surface area contributed by atoms with Crippen molar-refractivity contribution in [1.82, 2.24) is 4.98 Å². The fraction of sp³-hybridized carbons (Fsp3) is 0.222. The van der Waals surface area contributed by atoms with Crippen LogP contribution in [0.4, 0.5) is 0 Å². The van der Waals surface area contributed by atoms with Gasteiger partial charge in [-0.1, -0.05) is 11.6 Å². The number of hydrogen-bond acceptors (Lipinski definition) is 4. The Labute approximate surface area is 90.5 Å². The van der Waals surface area contributed by atoms with Crippen LogP contribution < -0.4 is 5.73 Å². The zero-order valence-electron chi connectivity index (χ0n) is 7.37. The lowest BCUT2D eigenvalue weighted by Gasteiger charge is -1.91. The highest BCUT2D eigenvalue weighted by molar-refractivity contribution is 7.14. The Kier molecular flexibility index (Phi) is 2.86. The molecule has 0 unspecified atom stereocenters. The second-order valence-electron chi connectivity index (χ2n) is 2.75. The summed E-state index contributed by atoms with van der Waals surface area (Å²) < 4.78 is 5.48. The zero-order chi connectivity index (χ0) is 9.97. The summed E-state index contributed by atoms with van der Waals surface area (Å²) in [7, 11) is 0. The Morgan fingerprint density at radius 1 is 1.57 bits per heavy atom. The average molecular weight is 229 g/mol. The molecule has 2 rings (SSSR count). The highest BCUT2D eigenvalue weighted by Crippen LogP contribution is 2.33. The quantitative estimate of drug-likeness (QED) is 0.879. The molecule has 0 amide bonds. The molecule has 0 radical (unpaired) electrons. The van der Waals surface area contributed by atoms with E-state index in [1.165, 1.54) is 11.3 Å². The van der Waals surface area contributed by atoms with E-state index in [2.05, 4.69) is 4.98 Å². The maximum Gasteiger partial charge on any atom is 0.196 e. The third-order valence-corrected chi connectivity index (χ3v) is 3.11. The number of hydrogen-bond donors (Lipinski definition) is 1. The second-order valence-corrected chi connectivity index (χ2v) is 4.08. The third kappa shape index (κ3) is 1.82. The number of rotatable bonds is 3. The van der Waals surface area contributed by atoms with Gasteiger partial charge in [-0.25, -0.2) is 4.98 Å². The van der Waals surface area contributed by atoms with Crippen LogP contribution in [-0.2, 0) is 6.42 Å². The van der Waals surface area contributed by atoms with Gasteiger partial charge in [0.2, 0.25) is 0 Å². The fourth-order valence-electron chi connectivity index (χ4n) is 1.12. The molecule has 2 N–H and O–H groups in total. The summed E-state index contributed by atoms with van der Waals surface area (Å²) in [5.41, 5.74) is 5.39. The van der Waals surface area contributed by atoms with Crippen LogP contribution in [-0.4, -0.2) is 11.5 Å². The van der Waals surface area contributed by atoms with Gasteiger partial charge in [0.05, 0.1) is 16.1 Å². The first kappa shape index (κ1) is 9.71. The standard InChI is InChI=1S/C9H9ClN2OS/c10-6-2-4-14-9(6)7-5-12-8(13-7)1-3-11/h2,4-5H,1,3,11H2. The van der Waals surface area contributed by atoms with Gasteiger partial charge >= 0.3 is 0 Å². The van der Waals surface area contributed by atoms with E-state index in [1.807, 2.05) is 11.4 Å². The van der Waals surface area contributed by atoms with Crippen molar-refractivity contribution in [2.75, 3.05) is 6.54 Å². The van der Waals surface area contributed by atoms with Gasteiger partial charge in [0.1, 0.15) is 0 Å². The van der Waals surface area contributed by atoms with Gasteiger partial charge in [-0.15, -0.1) is 11.3 Å². The molecule has 0 saturated carbocycles. The molecule has 0 bridgehead atoms. The summed E-state index contributed by atoms with van der Waals surface area (Å²) in [5, 5.41) is 2.62. The first-order chi connectivity index (χ1) is 6.81. The van der Waals surface area contributed by atoms with Crippen LogP contribution >= 0.6 is 22.9 Å². The lowest BCUT2D eigenvalue weighted by Crippen LogP contribution is -2.02. The summed E-state index contributed by atoms with van der Waals surface area (Å²) in [6.07, 6.45) is 2.34. The van der Waals surface area contributed by atoms with E-state index in [0.717, 1.165) is 4.88 Å². The lowest BCUT2D eigenvalue weighted by atomic mass is 10.4. The molecule has 0 saturated heterocycles. The van der Waals surface area contributed by atoms with Crippen LogP contribution in [0.2, 0.25) is 5.02 Å². The van der Waals surface area contributed by atoms with Gasteiger partial charge in [0.25, 0.3) is 0 Å². The molecule has 0 aliphatic carbocycles. The monoisotopic (exact) mass is 228 g/mol. The van der Waals surface area contributed by atoms with E-state index in [-0.39, 0.29) is 0 Å². The van der Waals surface area contributed by atoms with Gasteiger partial charge in [-0.05, 0) is 11.4 Å². The molecule has 2 heterocycles. The van der Waals surface area contributed by atoms with Crippen molar-refractivity contribution in [1.29, 1.82) is 0 Å². The number of nitrogens with zero attached hydrogens (tertiary/aromatic N) is 1. The SMILES string of the molecule is NCCc1ncc(-c2sccc2Cl)o1. The minimum Gasteiger partial charge on any atom is -0.440 e. The van der Waals surface area contributed by atoms with Crippen molar-refractivity contribution in [3.63, 3.8) is 0 Å². The molecular formula is C9H9ClN2OS. The van der Waals surface area contributed by atoms with Gasteiger partial charge < -0.3 is 10.2 Å². The highest BCUT2D eigenvalue weighted by atomic mass is 35.5. The van der Waals surface area contributed by atoms with Crippen LogP contribution in [0.5, 0.6) is 0 Å².